The van der Waals surface area contributed by atoms with E-state index in [1.807, 2.05) is 78.9 Å². The summed E-state index contributed by atoms with van der Waals surface area (Å²) in [5.41, 5.74) is 3.96. The first kappa shape index (κ1) is 19.8. The zero-order chi connectivity index (χ0) is 22.2. The van der Waals surface area contributed by atoms with Crippen molar-refractivity contribution in [3.63, 3.8) is 0 Å². The average Bonchev–Trinajstić information content (AvgIpc) is 2.89. The van der Waals surface area contributed by atoms with Crippen LogP contribution in [0.1, 0.15) is 38.9 Å². The Labute approximate surface area is 193 Å². The molecule has 0 bridgehead atoms. The summed E-state index contributed by atoms with van der Waals surface area (Å²) in [4.78, 5) is 13.8. The van der Waals surface area contributed by atoms with Gasteiger partial charge in [0.05, 0.1) is 11.5 Å². The molecule has 2 aliphatic heterocycles. The van der Waals surface area contributed by atoms with Crippen LogP contribution in [0.15, 0.2) is 109 Å². The van der Waals surface area contributed by atoms with Crippen LogP contribution in [-0.4, -0.2) is 18.0 Å². The fraction of sp³-hybridized carbons (Fsp3) is 0.167. The van der Waals surface area contributed by atoms with Gasteiger partial charge in [-0.25, -0.2) is 0 Å². The molecule has 2 aliphatic rings. The van der Waals surface area contributed by atoms with Crippen LogP contribution in [0.2, 0.25) is 0 Å². The lowest BCUT2D eigenvalue weighted by Crippen LogP contribution is -2.50. The van der Waals surface area contributed by atoms with E-state index in [0.29, 0.717) is 11.3 Å². The van der Waals surface area contributed by atoms with E-state index in [0.717, 1.165) is 17.7 Å². The van der Waals surface area contributed by atoms with Crippen LogP contribution >= 0.6 is 0 Å². The predicted molar refractivity (Wildman–Crippen MR) is 128 cm³/mol. The molecule has 0 N–H and O–H groups in total. The van der Waals surface area contributed by atoms with Gasteiger partial charge < -0.3 is 9.47 Å². The molecule has 0 fully saturated rings. The summed E-state index contributed by atoms with van der Waals surface area (Å²) in [6.07, 6.45) is 0.0698. The van der Waals surface area contributed by atoms with Crippen molar-refractivity contribution in [3.05, 3.63) is 131 Å². The van der Waals surface area contributed by atoms with Gasteiger partial charge in [0, 0.05) is 5.92 Å². The van der Waals surface area contributed by atoms with Gasteiger partial charge in [-0.1, -0.05) is 91.0 Å². The number of ether oxygens (including phenoxy) is 2. The second kappa shape index (κ2) is 8.25. The Morgan fingerprint density at radius 1 is 0.576 bits per heavy atom. The van der Waals surface area contributed by atoms with E-state index < -0.39 is 12.0 Å². The second-order valence-corrected chi connectivity index (χ2v) is 8.74. The van der Waals surface area contributed by atoms with E-state index >= 15 is 0 Å². The van der Waals surface area contributed by atoms with Crippen molar-refractivity contribution in [1.29, 1.82) is 0 Å². The summed E-state index contributed by atoms with van der Waals surface area (Å²) in [5, 5.41) is 0. The molecule has 162 valence electrons. The van der Waals surface area contributed by atoms with E-state index in [-0.39, 0.29) is 17.8 Å². The Morgan fingerprint density at radius 3 is 1.91 bits per heavy atom. The number of benzene rings is 4. The molecule has 0 saturated carbocycles. The number of rotatable bonds is 3. The summed E-state index contributed by atoms with van der Waals surface area (Å²) in [6.45, 7) is 0. The van der Waals surface area contributed by atoms with E-state index in [4.69, 9.17) is 9.47 Å². The molecule has 3 heteroatoms. The summed E-state index contributed by atoms with van der Waals surface area (Å²) >= 11 is 0. The molecular formula is C30H24O3. The van der Waals surface area contributed by atoms with Crippen molar-refractivity contribution in [1.82, 2.24) is 0 Å². The van der Waals surface area contributed by atoms with Crippen molar-refractivity contribution in [2.75, 3.05) is 0 Å². The van der Waals surface area contributed by atoms with Crippen molar-refractivity contribution in [3.8, 4) is 11.5 Å². The van der Waals surface area contributed by atoms with Gasteiger partial charge >= 0.3 is 0 Å². The molecule has 0 aliphatic carbocycles. The normalized spacial score (nSPS) is 23.6. The summed E-state index contributed by atoms with van der Waals surface area (Å²) in [5.74, 6) is 1.21. The van der Waals surface area contributed by atoms with Gasteiger partial charge in [0.1, 0.15) is 17.6 Å². The molecule has 4 unspecified atom stereocenters. The third-order valence-corrected chi connectivity index (χ3v) is 6.81. The number of carbonyl (C=O) groups is 1. The molecule has 0 saturated heterocycles. The lowest BCUT2D eigenvalue weighted by molar-refractivity contribution is 0.00595. The summed E-state index contributed by atoms with van der Waals surface area (Å²) in [7, 11) is 0. The first-order valence-corrected chi connectivity index (χ1v) is 11.4. The minimum absolute atomic E-state index is 0.0652. The molecule has 0 radical (unpaired) electrons. The number of Topliss-reactive ketones (excluding diaryl/α,β-unsaturated/α-hetero) is 1. The van der Waals surface area contributed by atoms with Gasteiger partial charge in [0.25, 0.3) is 0 Å². The third-order valence-electron chi connectivity index (χ3n) is 6.81. The van der Waals surface area contributed by atoms with Crippen LogP contribution < -0.4 is 9.47 Å². The zero-order valence-electron chi connectivity index (χ0n) is 18.1. The fourth-order valence-electron chi connectivity index (χ4n) is 5.24. The molecule has 3 nitrogen and oxygen atoms in total. The Kier molecular flexibility index (Phi) is 4.95. The topological polar surface area (TPSA) is 35.5 Å². The number of fused-ring (bicyclic) bond motifs is 2. The number of para-hydroxylation sites is 2. The highest BCUT2D eigenvalue weighted by molar-refractivity contribution is 6.04. The maximum Gasteiger partial charge on any atom is 0.177 e. The van der Waals surface area contributed by atoms with Crippen LogP contribution in [0.25, 0.3) is 0 Å². The zero-order valence-corrected chi connectivity index (χ0v) is 18.1. The van der Waals surface area contributed by atoms with Crippen molar-refractivity contribution >= 4 is 5.78 Å². The highest BCUT2D eigenvalue weighted by atomic mass is 16.5. The Balaban J connectivity index is 1.50. The largest absolute Gasteiger partial charge is 0.486 e. The van der Waals surface area contributed by atoms with E-state index in [2.05, 4.69) is 30.3 Å². The molecular weight excluding hydrogens is 408 g/mol. The molecule has 33 heavy (non-hydrogen) atoms. The van der Waals surface area contributed by atoms with Gasteiger partial charge in [-0.2, -0.15) is 0 Å². The van der Waals surface area contributed by atoms with Gasteiger partial charge in [0.15, 0.2) is 11.9 Å². The van der Waals surface area contributed by atoms with Crippen molar-refractivity contribution < 1.29 is 14.3 Å². The minimum Gasteiger partial charge on any atom is -0.486 e. The first-order valence-electron chi connectivity index (χ1n) is 11.4. The lowest BCUT2D eigenvalue weighted by atomic mass is 9.75. The maximum absolute atomic E-state index is 13.8. The van der Waals surface area contributed by atoms with E-state index in [1.54, 1.807) is 0 Å². The fourth-order valence-corrected chi connectivity index (χ4v) is 5.24. The number of hydrogen-bond acceptors (Lipinski definition) is 3. The molecule has 4 aromatic carbocycles. The van der Waals surface area contributed by atoms with Crippen molar-refractivity contribution in [2.45, 2.75) is 30.5 Å². The van der Waals surface area contributed by atoms with Gasteiger partial charge in [-0.05, 0) is 41.3 Å². The van der Waals surface area contributed by atoms with Crippen molar-refractivity contribution in [2.24, 2.45) is 0 Å². The minimum atomic E-state index is -0.451. The first-order chi connectivity index (χ1) is 16.3. The van der Waals surface area contributed by atoms with Crippen LogP contribution in [0.5, 0.6) is 11.5 Å². The van der Waals surface area contributed by atoms with Crippen LogP contribution in [-0.2, 0) is 6.42 Å². The van der Waals surface area contributed by atoms with E-state index in [1.165, 1.54) is 11.1 Å². The highest BCUT2D eigenvalue weighted by Gasteiger charge is 2.48. The summed E-state index contributed by atoms with van der Waals surface area (Å²) in [6, 6.07) is 36.1. The quantitative estimate of drug-likeness (QED) is 0.387. The monoisotopic (exact) mass is 432 g/mol. The molecule has 0 spiro atoms. The van der Waals surface area contributed by atoms with Crippen LogP contribution in [0.4, 0.5) is 0 Å². The number of carbonyl (C=O) groups excluding carboxylic acids is 1. The number of ketones is 1. The predicted octanol–water partition coefficient (Wildman–Crippen LogP) is 6.20. The molecule has 4 aromatic rings. The Morgan fingerprint density at radius 2 is 1.15 bits per heavy atom. The van der Waals surface area contributed by atoms with E-state index in [9.17, 15) is 4.79 Å². The number of hydrogen-bond donors (Lipinski definition) is 0. The Hall–Kier alpha value is -3.85. The van der Waals surface area contributed by atoms with Crippen LogP contribution in [0, 0.1) is 0 Å². The maximum atomic E-state index is 13.8. The molecule has 0 aromatic heterocycles. The average molecular weight is 433 g/mol. The SMILES string of the molecule is O=C1c2ccccc2OC(C2Oc3ccccc3CC2c2ccccc2)C1c1ccccc1. The van der Waals surface area contributed by atoms with Gasteiger partial charge in [-0.3, -0.25) is 4.79 Å². The van der Waals surface area contributed by atoms with Crippen LogP contribution in [0.3, 0.4) is 0 Å². The standard InChI is InChI=1S/C30H24O3/c31-28-23-16-8-10-18-26(23)33-30(27(28)21-13-5-2-6-14-21)29-24(20-11-3-1-4-12-20)19-22-15-7-9-17-25(22)32-29/h1-18,24,27,29-30H,19H2. The molecule has 0 amide bonds. The summed E-state index contributed by atoms with van der Waals surface area (Å²) < 4.78 is 13.3. The highest BCUT2D eigenvalue weighted by Crippen LogP contribution is 2.45. The van der Waals surface area contributed by atoms with Gasteiger partial charge in [0.2, 0.25) is 0 Å². The molecule has 2 heterocycles. The molecule has 6 rings (SSSR count). The molecule has 4 atom stereocenters. The van der Waals surface area contributed by atoms with Gasteiger partial charge in [-0.15, -0.1) is 0 Å². The second-order valence-electron chi connectivity index (χ2n) is 8.74. The Bertz CT molecular complexity index is 1280. The third kappa shape index (κ3) is 3.50. The smallest absolute Gasteiger partial charge is 0.177 e. The lowest BCUT2D eigenvalue weighted by Gasteiger charge is -2.43.